The Labute approximate surface area is 134 Å². The monoisotopic (exact) mass is 331 g/mol. The minimum atomic E-state index is -3.63. The highest BCUT2D eigenvalue weighted by Gasteiger charge is 2.16. The van der Waals surface area contributed by atoms with Crippen LogP contribution in [0.25, 0.3) is 10.8 Å². The molecule has 1 N–H and O–H groups in total. The molecule has 5 heteroatoms. The van der Waals surface area contributed by atoms with E-state index in [9.17, 15) is 8.42 Å². The van der Waals surface area contributed by atoms with Crippen LogP contribution in [0.1, 0.15) is 5.56 Å². The molecule has 3 rings (SSSR count). The van der Waals surface area contributed by atoms with Gasteiger partial charge in [0.2, 0.25) is 0 Å². The first-order chi connectivity index (χ1) is 10.5. The molecule has 0 bridgehead atoms. The standard InChI is InChI=1S/C17H14ClNO2S/c1-12-5-4-6-13(11-12)22(20,21)19-17-10-9-16(18)14-7-2-3-8-15(14)17/h2-11,19H,1H3. The summed E-state index contributed by atoms with van der Waals surface area (Å²) in [5.74, 6) is 0. The number of fused-ring (bicyclic) bond motifs is 1. The Balaban J connectivity index is 2.09. The van der Waals surface area contributed by atoms with Gasteiger partial charge in [0.05, 0.1) is 10.6 Å². The largest absolute Gasteiger partial charge is 0.279 e. The van der Waals surface area contributed by atoms with Gasteiger partial charge < -0.3 is 0 Å². The molecule has 0 saturated carbocycles. The van der Waals surface area contributed by atoms with E-state index in [2.05, 4.69) is 4.72 Å². The van der Waals surface area contributed by atoms with Crippen molar-refractivity contribution in [2.24, 2.45) is 0 Å². The average Bonchev–Trinajstić information content (AvgIpc) is 2.50. The lowest BCUT2D eigenvalue weighted by Gasteiger charge is -2.12. The second-order valence-corrected chi connectivity index (χ2v) is 7.15. The maximum atomic E-state index is 12.5. The summed E-state index contributed by atoms with van der Waals surface area (Å²) in [5.41, 5.74) is 1.41. The Kier molecular flexibility index (Phi) is 3.81. The molecule has 3 aromatic rings. The third-order valence-electron chi connectivity index (χ3n) is 3.42. The molecule has 0 spiro atoms. The average molecular weight is 332 g/mol. The minimum Gasteiger partial charge on any atom is -0.279 e. The molecular weight excluding hydrogens is 318 g/mol. The first-order valence-corrected chi connectivity index (χ1v) is 8.60. The van der Waals surface area contributed by atoms with E-state index in [0.717, 1.165) is 16.3 Å². The van der Waals surface area contributed by atoms with Crippen LogP contribution in [0, 0.1) is 6.92 Å². The van der Waals surface area contributed by atoms with E-state index in [1.54, 1.807) is 30.3 Å². The number of nitrogens with one attached hydrogen (secondary N) is 1. The van der Waals surface area contributed by atoms with Crippen molar-refractivity contribution in [3.63, 3.8) is 0 Å². The smallest absolute Gasteiger partial charge is 0.261 e. The Hall–Kier alpha value is -2.04. The number of anilines is 1. The number of hydrogen-bond donors (Lipinski definition) is 1. The minimum absolute atomic E-state index is 0.242. The Morgan fingerprint density at radius 2 is 1.64 bits per heavy atom. The van der Waals surface area contributed by atoms with E-state index in [-0.39, 0.29) is 4.90 Å². The van der Waals surface area contributed by atoms with Crippen molar-refractivity contribution in [1.29, 1.82) is 0 Å². The summed E-state index contributed by atoms with van der Waals surface area (Å²) < 4.78 is 27.7. The number of rotatable bonds is 3. The van der Waals surface area contributed by atoms with Gasteiger partial charge in [0.1, 0.15) is 0 Å². The summed E-state index contributed by atoms with van der Waals surface area (Å²) in [7, 11) is -3.63. The van der Waals surface area contributed by atoms with Gasteiger partial charge >= 0.3 is 0 Å². The van der Waals surface area contributed by atoms with E-state index in [1.807, 2.05) is 37.3 Å². The summed E-state index contributed by atoms with van der Waals surface area (Å²) in [6.45, 7) is 1.86. The molecule has 3 aromatic carbocycles. The van der Waals surface area contributed by atoms with Crippen LogP contribution in [-0.2, 0) is 10.0 Å². The highest BCUT2D eigenvalue weighted by atomic mass is 35.5. The zero-order valence-electron chi connectivity index (χ0n) is 11.9. The number of halogens is 1. The van der Waals surface area contributed by atoms with Crippen molar-refractivity contribution in [3.8, 4) is 0 Å². The van der Waals surface area contributed by atoms with Crippen LogP contribution < -0.4 is 4.72 Å². The van der Waals surface area contributed by atoms with Crippen LogP contribution in [0.3, 0.4) is 0 Å². The summed E-state index contributed by atoms with van der Waals surface area (Å²) in [4.78, 5) is 0.242. The van der Waals surface area contributed by atoms with E-state index in [0.29, 0.717) is 10.7 Å². The van der Waals surface area contributed by atoms with E-state index < -0.39 is 10.0 Å². The van der Waals surface area contributed by atoms with Crippen molar-refractivity contribution in [2.45, 2.75) is 11.8 Å². The number of hydrogen-bond acceptors (Lipinski definition) is 2. The van der Waals surface area contributed by atoms with Crippen LogP contribution in [0.5, 0.6) is 0 Å². The van der Waals surface area contributed by atoms with Gasteiger partial charge in [0.25, 0.3) is 10.0 Å². The van der Waals surface area contributed by atoms with Crippen molar-refractivity contribution in [2.75, 3.05) is 4.72 Å². The van der Waals surface area contributed by atoms with Crippen LogP contribution in [0.2, 0.25) is 5.02 Å². The maximum Gasteiger partial charge on any atom is 0.261 e. The summed E-state index contributed by atoms with van der Waals surface area (Å²) in [6.07, 6.45) is 0. The predicted octanol–water partition coefficient (Wildman–Crippen LogP) is 4.60. The van der Waals surface area contributed by atoms with Crippen molar-refractivity contribution in [1.82, 2.24) is 0 Å². The molecule has 0 amide bonds. The Bertz CT molecular complexity index is 952. The third-order valence-corrected chi connectivity index (χ3v) is 5.11. The lowest BCUT2D eigenvalue weighted by Crippen LogP contribution is -2.13. The van der Waals surface area contributed by atoms with Gasteiger partial charge in [0.15, 0.2) is 0 Å². The summed E-state index contributed by atoms with van der Waals surface area (Å²) in [6, 6.07) is 17.6. The molecule has 0 unspecified atom stereocenters. The fraction of sp³-hybridized carbons (Fsp3) is 0.0588. The SMILES string of the molecule is Cc1cccc(S(=O)(=O)Nc2ccc(Cl)c3ccccc23)c1. The van der Waals surface area contributed by atoms with Crippen LogP contribution in [0.15, 0.2) is 65.6 Å². The first kappa shape index (κ1) is 14.9. The number of aryl methyl sites for hydroxylation is 1. The molecule has 0 radical (unpaired) electrons. The van der Waals surface area contributed by atoms with Gasteiger partial charge in [0, 0.05) is 15.8 Å². The van der Waals surface area contributed by atoms with Gasteiger partial charge in [-0.2, -0.15) is 0 Å². The zero-order valence-corrected chi connectivity index (χ0v) is 13.4. The molecule has 0 aliphatic rings. The fourth-order valence-corrected chi connectivity index (χ4v) is 3.75. The molecule has 0 saturated heterocycles. The molecule has 3 nitrogen and oxygen atoms in total. The van der Waals surface area contributed by atoms with Gasteiger partial charge in [-0.3, -0.25) is 4.72 Å². The van der Waals surface area contributed by atoms with Gasteiger partial charge in [-0.1, -0.05) is 48.0 Å². The highest BCUT2D eigenvalue weighted by molar-refractivity contribution is 7.92. The van der Waals surface area contributed by atoms with Gasteiger partial charge in [-0.05, 0) is 36.8 Å². The van der Waals surface area contributed by atoms with Crippen LogP contribution in [0.4, 0.5) is 5.69 Å². The third kappa shape index (κ3) is 2.80. The molecule has 0 fully saturated rings. The zero-order chi connectivity index (χ0) is 15.7. The highest BCUT2D eigenvalue weighted by Crippen LogP contribution is 2.31. The second-order valence-electron chi connectivity index (χ2n) is 5.06. The van der Waals surface area contributed by atoms with E-state index in [4.69, 9.17) is 11.6 Å². The predicted molar refractivity (Wildman–Crippen MR) is 90.9 cm³/mol. The maximum absolute atomic E-state index is 12.5. The quantitative estimate of drug-likeness (QED) is 0.762. The molecule has 112 valence electrons. The van der Waals surface area contributed by atoms with Gasteiger partial charge in [-0.25, -0.2) is 8.42 Å². The van der Waals surface area contributed by atoms with Crippen LogP contribution in [-0.4, -0.2) is 8.42 Å². The molecule has 0 atom stereocenters. The lowest BCUT2D eigenvalue weighted by molar-refractivity contribution is 0.601. The van der Waals surface area contributed by atoms with E-state index >= 15 is 0 Å². The number of benzene rings is 3. The fourth-order valence-electron chi connectivity index (χ4n) is 2.34. The summed E-state index contributed by atoms with van der Waals surface area (Å²) in [5, 5.41) is 2.17. The van der Waals surface area contributed by atoms with Gasteiger partial charge in [-0.15, -0.1) is 0 Å². The summed E-state index contributed by atoms with van der Waals surface area (Å²) >= 11 is 6.16. The topological polar surface area (TPSA) is 46.2 Å². The van der Waals surface area contributed by atoms with Crippen LogP contribution >= 0.6 is 11.6 Å². The van der Waals surface area contributed by atoms with Crippen molar-refractivity contribution >= 4 is 38.1 Å². The molecule has 0 heterocycles. The normalized spacial score (nSPS) is 11.5. The number of sulfonamides is 1. The van der Waals surface area contributed by atoms with Crippen molar-refractivity contribution in [3.05, 3.63) is 71.2 Å². The van der Waals surface area contributed by atoms with E-state index in [1.165, 1.54) is 0 Å². The van der Waals surface area contributed by atoms with Crippen molar-refractivity contribution < 1.29 is 8.42 Å². The Morgan fingerprint density at radius 1 is 0.909 bits per heavy atom. The molecular formula is C17H14ClNO2S. The second kappa shape index (κ2) is 5.63. The first-order valence-electron chi connectivity index (χ1n) is 6.74. The molecule has 0 aliphatic carbocycles. The Morgan fingerprint density at radius 3 is 2.36 bits per heavy atom. The molecule has 22 heavy (non-hydrogen) atoms. The molecule has 0 aromatic heterocycles. The lowest BCUT2D eigenvalue weighted by atomic mass is 10.1. The molecule has 0 aliphatic heterocycles.